The first kappa shape index (κ1) is 24.3. The van der Waals surface area contributed by atoms with E-state index in [0.717, 1.165) is 25.9 Å². The van der Waals surface area contributed by atoms with Crippen molar-refractivity contribution in [1.82, 2.24) is 19.8 Å². The van der Waals surface area contributed by atoms with Gasteiger partial charge in [-0.15, -0.1) is 0 Å². The molecule has 0 bridgehead atoms. The van der Waals surface area contributed by atoms with Crippen LogP contribution in [0.1, 0.15) is 44.1 Å². The normalized spacial score (nSPS) is 25.6. The molecule has 1 aromatic carbocycles. The highest BCUT2D eigenvalue weighted by molar-refractivity contribution is 5.92. The zero-order valence-electron chi connectivity index (χ0n) is 20.1. The van der Waals surface area contributed by atoms with Gasteiger partial charge in [0.1, 0.15) is 17.1 Å². The molecule has 0 aliphatic carbocycles. The van der Waals surface area contributed by atoms with Crippen molar-refractivity contribution < 1.29 is 13.2 Å². The standard InChI is InChI=1S/C26H33F3N6/c27-26(28,29)22-18-35(23-6-5-19(15-30)24-25(23)32-10-9-31-24)17-20(22)16-33-13-7-21(8-14-33)34-11-3-1-2-4-12-34/h5-6,9-10,20-22H,1-4,7-8,11-14,16-18H2/t20-,22-/m0/s1. The maximum absolute atomic E-state index is 14.1. The van der Waals surface area contributed by atoms with Gasteiger partial charge in [0.2, 0.25) is 0 Å². The van der Waals surface area contributed by atoms with Gasteiger partial charge in [-0.3, -0.25) is 9.97 Å². The number of anilines is 1. The molecule has 3 fully saturated rings. The van der Waals surface area contributed by atoms with Crippen LogP contribution in [0.3, 0.4) is 0 Å². The Morgan fingerprint density at radius 2 is 1.60 bits per heavy atom. The van der Waals surface area contributed by atoms with Crippen LogP contribution in [-0.2, 0) is 0 Å². The van der Waals surface area contributed by atoms with Gasteiger partial charge in [0.15, 0.2) is 0 Å². The summed E-state index contributed by atoms with van der Waals surface area (Å²) in [5, 5.41) is 9.39. The van der Waals surface area contributed by atoms with Crippen LogP contribution < -0.4 is 4.90 Å². The van der Waals surface area contributed by atoms with Crippen LogP contribution in [-0.4, -0.2) is 77.8 Å². The first-order valence-corrected chi connectivity index (χ1v) is 12.9. The lowest BCUT2D eigenvalue weighted by Gasteiger charge is -2.39. The third-order valence-corrected chi connectivity index (χ3v) is 8.13. The van der Waals surface area contributed by atoms with Crippen molar-refractivity contribution in [1.29, 1.82) is 5.26 Å². The van der Waals surface area contributed by atoms with Gasteiger partial charge in [-0.25, -0.2) is 0 Å². The largest absolute Gasteiger partial charge is 0.393 e. The van der Waals surface area contributed by atoms with Crippen molar-refractivity contribution in [2.75, 3.05) is 50.7 Å². The Morgan fingerprint density at radius 1 is 0.914 bits per heavy atom. The summed E-state index contributed by atoms with van der Waals surface area (Å²) in [4.78, 5) is 15.3. The molecular formula is C26H33F3N6. The minimum absolute atomic E-state index is 0.0873. The zero-order valence-corrected chi connectivity index (χ0v) is 20.1. The Kier molecular flexibility index (Phi) is 7.12. The van der Waals surface area contributed by atoms with Crippen LogP contribution in [0.5, 0.6) is 0 Å². The highest BCUT2D eigenvalue weighted by atomic mass is 19.4. The fraction of sp³-hybridized carbons (Fsp3) is 0.654. The van der Waals surface area contributed by atoms with Crippen LogP contribution in [0.25, 0.3) is 11.0 Å². The van der Waals surface area contributed by atoms with E-state index in [9.17, 15) is 18.4 Å². The van der Waals surface area contributed by atoms with Crippen molar-refractivity contribution in [3.05, 3.63) is 30.1 Å². The second kappa shape index (κ2) is 10.3. The van der Waals surface area contributed by atoms with Gasteiger partial charge in [0.25, 0.3) is 0 Å². The summed E-state index contributed by atoms with van der Waals surface area (Å²) in [5.74, 6) is -1.87. The van der Waals surface area contributed by atoms with Crippen molar-refractivity contribution >= 4 is 16.7 Å². The van der Waals surface area contributed by atoms with E-state index in [1.807, 2.05) is 0 Å². The Hall–Kier alpha value is -2.44. The molecule has 9 heteroatoms. The number of rotatable bonds is 4. The van der Waals surface area contributed by atoms with E-state index < -0.39 is 18.0 Å². The summed E-state index contributed by atoms with van der Waals surface area (Å²) in [6, 6.07) is 6.03. The smallest absolute Gasteiger partial charge is 0.369 e. The topological polar surface area (TPSA) is 59.3 Å². The molecule has 5 rings (SSSR count). The maximum atomic E-state index is 14.1. The molecule has 188 valence electrons. The minimum Gasteiger partial charge on any atom is -0.369 e. The van der Waals surface area contributed by atoms with E-state index in [4.69, 9.17) is 0 Å². The SMILES string of the molecule is N#Cc1ccc(N2C[C@H](CN3CCC(N4CCCCCC4)CC3)[C@@H](C(F)(F)F)C2)c2nccnc12. The molecule has 3 saturated heterocycles. The third kappa shape index (κ3) is 5.24. The molecule has 35 heavy (non-hydrogen) atoms. The molecule has 6 nitrogen and oxygen atoms in total. The zero-order chi connectivity index (χ0) is 24.4. The number of nitrogens with zero attached hydrogens (tertiary/aromatic N) is 6. The van der Waals surface area contributed by atoms with Gasteiger partial charge in [-0.05, 0) is 64.0 Å². The number of aromatic nitrogens is 2. The number of benzene rings is 1. The number of nitriles is 1. The predicted octanol–water partition coefficient (Wildman–Crippen LogP) is 4.46. The summed E-state index contributed by atoms with van der Waals surface area (Å²) >= 11 is 0. The molecule has 0 N–H and O–H groups in total. The Bertz CT molecular complexity index is 1050. The monoisotopic (exact) mass is 486 g/mol. The molecule has 0 saturated carbocycles. The molecule has 3 aliphatic rings. The molecule has 0 unspecified atom stereocenters. The molecule has 0 radical (unpaired) electrons. The van der Waals surface area contributed by atoms with Crippen molar-refractivity contribution in [2.45, 2.75) is 50.7 Å². The molecule has 1 aromatic heterocycles. The van der Waals surface area contributed by atoms with Crippen molar-refractivity contribution in [3.8, 4) is 6.07 Å². The second-order valence-electron chi connectivity index (χ2n) is 10.3. The number of fused-ring (bicyclic) bond motifs is 1. The molecule has 0 spiro atoms. The van der Waals surface area contributed by atoms with Crippen LogP contribution in [0, 0.1) is 23.2 Å². The number of hydrogen-bond acceptors (Lipinski definition) is 6. The van der Waals surface area contributed by atoms with E-state index >= 15 is 0 Å². The fourth-order valence-corrected chi connectivity index (χ4v) is 6.27. The van der Waals surface area contributed by atoms with Gasteiger partial charge in [-0.2, -0.15) is 18.4 Å². The van der Waals surface area contributed by atoms with Crippen LogP contribution in [0.15, 0.2) is 24.5 Å². The lowest BCUT2D eigenvalue weighted by Crippen LogP contribution is -2.47. The number of likely N-dealkylation sites (tertiary alicyclic amines) is 2. The molecule has 4 heterocycles. The van der Waals surface area contributed by atoms with Gasteiger partial charge in [0, 0.05) is 44.0 Å². The van der Waals surface area contributed by atoms with Gasteiger partial charge >= 0.3 is 6.18 Å². The van der Waals surface area contributed by atoms with E-state index in [-0.39, 0.29) is 6.54 Å². The first-order valence-electron chi connectivity index (χ1n) is 12.9. The lowest BCUT2D eigenvalue weighted by molar-refractivity contribution is -0.180. The third-order valence-electron chi connectivity index (χ3n) is 8.13. The molecule has 3 aliphatic heterocycles. The van der Waals surface area contributed by atoms with Gasteiger partial charge in [-0.1, -0.05) is 12.8 Å². The van der Waals surface area contributed by atoms with Crippen LogP contribution >= 0.6 is 0 Å². The number of piperidine rings is 1. The summed E-state index contributed by atoms with van der Waals surface area (Å²) < 4.78 is 42.3. The average Bonchev–Trinajstić information content (AvgIpc) is 3.09. The quantitative estimate of drug-likeness (QED) is 0.636. The van der Waals surface area contributed by atoms with Crippen molar-refractivity contribution in [2.24, 2.45) is 11.8 Å². The lowest BCUT2D eigenvalue weighted by atomic mass is 9.93. The fourth-order valence-electron chi connectivity index (χ4n) is 6.27. The van der Waals surface area contributed by atoms with E-state index in [1.54, 1.807) is 17.0 Å². The van der Waals surface area contributed by atoms with Crippen LogP contribution in [0.2, 0.25) is 0 Å². The summed E-state index contributed by atoms with van der Waals surface area (Å²) in [6.45, 7) is 4.78. The maximum Gasteiger partial charge on any atom is 0.393 e. The number of hydrogen-bond donors (Lipinski definition) is 0. The Morgan fingerprint density at radius 3 is 2.26 bits per heavy atom. The Labute approximate surface area is 204 Å². The van der Waals surface area contributed by atoms with E-state index in [2.05, 4.69) is 25.8 Å². The highest BCUT2D eigenvalue weighted by Crippen LogP contribution is 2.41. The first-order chi connectivity index (χ1) is 16.9. The molecule has 2 aromatic rings. The predicted molar refractivity (Wildman–Crippen MR) is 129 cm³/mol. The van der Waals surface area contributed by atoms with Crippen molar-refractivity contribution in [3.63, 3.8) is 0 Å². The average molecular weight is 487 g/mol. The summed E-state index contributed by atoms with van der Waals surface area (Å²) in [5.41, 5.74) is 1.94. The molecule has 2 atom stereocenters. The van der Waals surface area contributed by atoms with Gasteiger partial charge < -0.3 is 14.7 Å². The molecular weight excluding hydrogens is 453 g/mol. The number of alkyl halides is 3. The van der Waals surface area contributed by atoms with Crippen LogP contribution in [0.4, 0.5) is 18.9 Å². The Balaban J connectivity index is 1.28. The highest BCUT2D eigenvalue weighted by Gasteiger charge is 2.50. The van der Waals surface area contributed by atoms with E-state index in [0.29, 0.717) is 41.4 Å². The summed E-state index contributed by atoms with van der Waals surface area (Å²) in [6.07, 6.45) is 6.02. The second-order valence-corrected chi connectivity index (χ2v) is 10.3. The minimum atomic E-state index is -4.25. The number of halogens is 3. The summed E-state index contributed by atoms with van der Waals surface area (Å²) in [7, 11) is 0. The molecule has 0 amide bonds. The van der Waals surface area contributed by atoms with Gasteiger partial charge in [0.05, 0.1) is 17.2 Å². The van der Waals surface area contributed by atoms with E-state index in [1.165, 1.54) is 51.2 Å².